The van der Waals surface area contributed by atoms with Crippen LogP contribution in [0.2, 0.25) is 0 Å². The standard InChI is InChI=1S/C12H14N2O3S/c1-7(6-18(2)17)14-11(15)9-4-3-8(13)5-10(9)12(14)16/h3-5,7H,6,13H2,1-2H3. The van der Waals surface area contributed by atoms with E-state index in [1.165, 1.54) is 6.07 Å². The minimum atomic E-state index is -1.06. The van der Waals surface area contributed by atoms with Crippen LogP contribution >= 0.6 is 0 Å². The van der Waals surface area contributed by atoms with Gasteiger partial charge in [-0.3, -0.25) is 18.7 Å². The van der Waals surface area contributed by atoms with E-state index in [1.54, 1.807) is 25.3 Å². The smallest absolute Gasteiger partial charge is 0.261 e. The Morgan fingerprint density at radius 2 is 1.89 bits per heavy atom. The lowest BCUT2D eigenvalue weighted by molar-refractivity contribution is 0.0611. The summed E-state index contributed by atoms with van der Waals surface area (Å²) in [6.07, 6.45) is 1.55. The average molecular weight is 266 g/mol. The van der Waals surface area contributed by atoms with E-state index in [4.69, 9.17) is 5.73 Å². The Kier molecular flexibility index (Phi) is 3.21. The summed E-state index contributed by atoms with van der Waals surface area (Å²) in [4.78, 5) is 25.4. The summed E-state index contributed by atoms with van der Waals surface area (Å²) in [5.74, 6) is -0.422. The second kappa shape index (κ2) is 4.53. The number of imide groups is 1. The summed E-state index contributed by atoms with van der Waals surface area (Å²) in [6, 6.07) is 4.27. The molecule has 0 fully saturated rings. The summed E-state index contributed by atoms with van der Waals surface area (Å²) in [7, 11) is -1.06. The number of carbonyl (C=O) groups is 2. The lowest BCUT2D eigenvalue weighted by Gasteiger charge is -2.21. The Balaban J connectivity index is 2.36. The molecule has 5 nitrogen and oxygen atoms in total. The maximum Gasteiger partial charge on any atom is 0.261 e. The van der Waals surface area contributed by atoms with E-state index >= 15 is 0 Å². The van der Waals surface area contributed by atoms with Gasteiger partial charge in [-0.1, -0.05) is 0 Å². The number of hydrogen-bond donors (Lipinski definition) is 1. The van der Waals surface area contributed by atoms with Crippen molar-refractivity contribution in [3.63, 3.8) is 0 Å². The van der Waals surface area contributed by atoms with Crippen molar-refractivity contribution >= 4 is 28.3 Å². The third-order valence-electron chi connectivity index (χ3n) is 2.86. The zero-order valence-corrected chi connectivity index (χ0v) is 11.0. The Labute approximate surface area is 107 Å². The van der Waals surface area contributed by atoms with Crippen molar-refractivity contribution in [3.8, 4) is 0 Å². The number of benzene rings is 1. The number of hydrogen-bond acceptors (Lipinski definition) is 4. The first-order valence-electron chi connectivity index (χ1n) is 5.49. The normalized spacial score (nSPS) is 17.8. The molecule has 1 aromatic rings. The topological polar surface area (TPSA) is 80.5 Å². The molecule has 2 rings (SSSR count). The third-order valence-corrected chi connectivity index (χ3v) is 3.81. The molecule has 1 aromatic carbocycles. The zero-order chi connectivity index (χ0) is 13.4. The molecule has 2 atom stereocenters. The highest BCUT2D eigenvalue weighted by Gasteiger charge is 2.38. The SMILES string of the molecule is CC(CS(C)=O)N1C(=O)c2ccc(N)cc2C1=O. The molecule has 0 radical (unpaired) electrons. The van der Waals surface area contributed by atoms with Crippen LogP contribution in [0.1, 0.15) is 27.6 Å². The van der Waals surface area contributed by atoms with E-state index in [-0.39, 0.29) is 23.6 Å². The van der Waals surface area contributed by atoms with Gasteiger partial charge >= 0.3 is 0 Å². The van der Waals surface area contributed by atoms with Crippen LogP contribution in [0.4, 0.5) is 5.69 Å². The molecule has 1 aliphatic heterocycles. The molecular formula is C12H14N2O3S. The van der Waals surface area contributed by atoms with Crippen molar-refractivity contribution in [1.29, 1.82) is 0 Å². The van der Waals surface area contributed by atoms with Crippen LogP contribution in [-0.2, 0) is 10.8 Å². The van der Waals surface area contributed by atoms with Crippen LogP contribution < -0.4 is 5.73 Å². The van der Waals surface area contributed by atoms with Crippen molar-refractivity contribution < 1.29 is 13.8 Å². The monoisotopic (exact) mass is 266 g/mol. The van der Waals surface area contributed by atoms with Gasteiger partial charge < -0.3 is 5.73 Å². The fourth-order valence-corrected chi connectivity index (χ4v) is 2.92. The Morgan fingerprint density at radius 3 is 2.50 bits per heavy atom. The van der Waals surface area contributed by atoms with Crippen LogP contribution in [0.5, 0.6) is 0 Å². The fraction of sp³-hybridized carbons (Fsp3) is 0.333. The lowest BCUT2D eigenvalue weighted by atomic mass is 10.1. The first-order valence-corrected chi connectivity index (χ1v) is 7.22. The first kappa shape index (κ1) is 12.8. The molecule has 0 bridgehead atoms. The van der Waals surface area contributed by atoms with Crippen molar-refractivity contribution in [3.05, 3.63) is 29.3 Å². The molecule has 2 N–H and O–H groups in total. The minimum absolute atomic E-state index is 0.279. The average Bonchev–Trinajstić information content (AvgIpc) is 2.50. The van der Waals surface area contributed by atoms with Gasteiger partial charge in [-0.15, -0.1) is 0 Å². The quantitative estimate of drug-likeness (QED) is 0.643. The molecule has 0 spiro atoms. The summed E-state index contributed by atoms with van der Waals surface area (Å²) >= 11 is 0. The van der Waals surface area contributed by atoms with Gasteiger partial charge in [-0.05, 0) is 25.1 Å². The predicted molar refractivity (Wildman–Crippen MR) is 69.7 cm³/mol. The highest BCUT2D eigenvalue weighted by Crippen LogP contribution is 2.26. The molecule has 2 amide bonds. The van der Waals surface area contributed by atoms with Crippen LogP contribution in [0.25, 0.3) is 0 Å². The van der Waals surface area contributed by atoms with E-state index in [9.17, 15) is 13.8 Å². The highest BCUT2D eigenvalue weighted by atomic mass is 32.2. The lowest BCUT2D eigenvalue weighted by Crippen LogP contribution is -2.40. The molecule has 1 aliphatic rings. The van der Waals surface area contributed by atoms with Gasteiger partial charge in [0.2, 0.25) is 0 Å². The second-order valence-electron chi connectivity index (χ2n) is 4.37. The van der Waals surface area contributed by atoms with E-state index < -0.39 is 10.8 Å². The van der Waals surface area contributed by atoms with E-state index in [1.807, 2.05) is 0 Å². The molecule has 0 aliphatic carbocycles. The van der Waals surface area contributed by atoms with Gasteiger partial charge in [0.15, 0.2) is 0 Å². The maximum absolute atomic E-state index is 12.1. The van der Waals surface area contributed by atoms with Crippen molar-refractivity contribution in [2.45, 2.75) is 13.0 Å². The molecule has 0 aromatic heterocycles. The number of fused-ring (bicyclic) bond motifs is 1. The summed E-state index contributed by atoms with van der Waals surface area (Å²) in [5, 5.41) is 0. The molecule has 2 unspecified atom stereocenters. The van der Waals surface area contributed by atoms with E-state index in [0.717, 1.165) is 4.90 Å². The van der Waals surface area contributed by atoms with Crippen LogP contribution in [0.3, 0.4) is 0 Å². The van der Waals surface area contributed by atoms with Crippen LogP contribution in [-0.4, -0.2) is 39.0 Å². The summed E-state index contributed by atoms with van der Waals surface area (Å²) in [6.45, 7) is 1.71. The summed E-state index contributed by atoms with van der Waals surface area (Å²) < 4.78 is 11.2. The Bertz CT molecular complexity index is 556. The molecule has 96 valence electrons. The molecule has 0 saturated carbocycles. The van der Waals surface area contributed by atoms with Gasteiger partial charge in [-0.25, -0.2) is 0 Å². The van der Waals surface area contributed by atoms with Gasteiger partial charge in [0.25, 0.3) is 11.8 Å². The predicted octanol–water partition coefficient (Wildman–Crippen LogP) is 0.632. The first-order chi connectivity index (χ1) is 8.41. The number of amides is 2. The fourth-order valence-electron chi connectivity index (χ4n) is 2.09. The van der Waals surface area contributed by atoms with Gasteiger partial charge in [0, 0.05) is 34.5 Å². The van der Waals surface area contributed by atoms with E-state index in [2.05, 4.69) is 0 Å². The number of nitrogen functional groups attached to an aromatic ring is 1. The van der Waals surface area contributed by atoms with Crippen molar-refractivity contribution in [1.82, 2.24) is 4.90 Å². The number of carbonyl (C=O) groups excluding carboxylic acids is 2. The van der Waals surface area contributed by atoms with Crippen LogP contribution in [0.15, 0.2) is 18.2 Å². The Hall–Kier alpha value is -1.69. The van der Waals surface area contributed by atoms with Crippen LogP contribution in [0, 0.1) is 0 Å². The van der Waals surface area contributed by atoms with Gasteiger partial charge in [0.1, 0.15) is 0 Å². The van der Waals surface area contributed by atoms with Gasteiger partial charge in [-0.2, -0.15) is 0 Å². The molecular weight excluding hydrogens is 252 g/mol. The van der Waals surface area contributed by atoms with Crippen molar-refractivity contribution in [2.24, 2.45) is 0 Å². The highest BCUT2D eigenvalue weighted by molar-refractivity contribution is 7.84. The minimum Gasteiger partial charge on any atom is -0.399 e. The van der Waals surface area contributed by atoms with Gasteiger partial charge in [0.05, 0.1) is 11.1 Å². The molecule has 0 saturated heterocycles. The largest absolute Gasteiger partial charge is 0.399 e. The number of anilines is 1. The number of nitrogens with zero attached hydrogens (tertiary/aromatic N) is 1. The molecule has 18 heavy (non-hydrogen) atoms. The van der Waals surface area contributed by atoms with Crippen molar-refractivity contribution in [2.75, 3.05) is 17.7 Å². The molecule has 1 heterocycles. The summed E-state index contributed by atoms with van der Waals surface area (Å²) in [5.41, 5.74) is 6.75. The van der Waals surface area contributed by atoms with E-state index in [0.29, 0.717) is 16.8 Å². The molecule has 6 heteroatoms. The second-order valence-corrected chi connectivity index (χ2v) is 5.85. The third kappa shape index (κ3) is 2.03. The number of rotatable bonds is 3. The number of nitrogens with two attached hydrogens (primary N) is 1. The zero-order valence-electron chi connectivity index (χ0n) is 10.2. The maximum atomic E-state index is 12.1. The Morgan fingerprint density at radius 1 is 1.28 bits per heavy atom.